The first-order chi connectivity index (χ1) is 12.0. The zero-order valence-corrected chi connectivity index (χ0v) is 16.4. The van der Waals surface area contributed by atoms with E-state index in [1.54, 1.807) is 0 Å². The molecule has 1 atom stereocenters. The Bertz CT molecular complexity index is 672. The maximum absolute atomic E-state index is 5.77. The van der Waals surface area contributed by atoms with E-state index < -0.39 is 0 Å². The van der Waals surface area contributed by atoms with Crippen LogP contribution in [-0.2, 0) is 6.42 Å². The topological polar surface area (TPSA) is 32.6 Å². The Morgan fingerprint density at radius 1 is 1.20 bits per heavy atom. The molecule has 0 aliphatic rings. The fourth-order valence-electron chi connectivity index (χ4n) is 2.74. The van der Waals surface area contributed by atoms with Crippen molar-refractivity contribution in [3.8, 4) is 0 Å². The number of para-hydroxylation sites is 1. The van der Waals surface area contributed by atoms with Gasteiger partial charge in [-0.05, 0) is 49.3 Å². The summed E-state index contributed by atoms with van der Waals surface area (Å²) in [6.45, 7) is 6.20. The highest BCUT2D eigenvalue weighted by molar-refractivity contribution is 7.80. The molecular formula is C20H29N4S+. The molecule has 0 saturated carbocycles. The molecule has 0 fully saturated rings. The summed E-state index contributed by atoms with van der Waals surface area (Å²) >= 11 is 5.77. The summed E-state index contributed by atoms with van der Waals surface area (Å²) in [5, 5.41) is 4.21. The number of quaternary nitrogens is 1. The van der Waals surface area contributed by atoms with Gasteiger partial charge < -0.3 is 15.1 Å². The Kier molecular flexibility index (Phi) is 7.34. The number of benzene rings is 1. The molecule has 0 amide bonds. The van der Waals surface area contributed by atoms with Gasteiger partial charge in [-0.1, -0.05) is 31.2 Å². The van der Waals surface area contributed by atoms with E-state index in [1.807, 2.05) is 24.4 Å². The number of hydrogen-bond donors (Lipinski definition) is 2. The average Bonchev–Trinajstić information content (AvgIpc) is 2.62. The fraction of sp³-hybridized carbons (Fsp3) is 0.400. The molecule has 0 bridgehead atoms. The van der Waals surface area contributed by atoms with Gasteiger partial charge >= 0.3 is 0 Å². The molecule has 0 saturated heterocycles. The van der Waals surface area contributed by atoms with Crippen LogP contribution in [0, 0.1) is 0 Å². The van der Waals surface area contributed by atoms with Crippen molar-refractivity contribution < 1.29 is 4.90 Å². The summed E-state index contributed by atoms with van der Waals surface area (Å²) < 4.78 is 0. The van der Waals surface area contributed by atoms with Crippen LogP contribution in [0.2, 0.25) is 0 Å². The summed E-state index contributed by atoms with van der Waals surface area (Å²) in [6, 6.07) is 14.5. The van der Waals surface area contributed by atoms with Gasteiger partial charge in [0, 0.05) is 11.9 Å². The molecule has 2 rings (SSSR count). The van der Waals surface area contributed by atoms with Crippen molar-refractivity contribution in [2.45, 2.75) is 26.3 Å². The van der Waals surface area contributed by atoms with Crippen molar-refractivity contribution in [2.24, 2.45) is 0 Å². The third-order valence-electron chi connectivity index (χ3n) is 4.34. The first-order valence-electron chi connectivity index (χ1n) is 8.88. The zero-order valence-electron chi connectivity index (χ0n) is 15.6. The first kappa shape index (κ1) is 19.3. The third kappa shape index (κ3) is 5.51. The number of anilines is 1. The molecule has 1 unspecified atom stereocenters. The molecule has 1 aromatic heterocycles. The highest BCUT2D eigenvalue weighted by Crippen LogP contribution is 2.21. The normalized spacial score (nSPS) is 12.0. The molecular weight excluding hydrogens is 328 g/mol. The Hall–Kier alpha value is -1.98. The van der Waals surface area contributed by atoms with E-state index in [1.165, 1.54) is 10.5 Å². The Morgan fingerprint density at radius 2 is 1.92 bits per heavy atom. The molecule has 2 N–H and O–H groups in total. The molecule has 25 heavy (non-hydrogen) atoms. The van der Waals surface area contributed by atoms with Gasteiger partial charge in [-0.3, -0.25) is 4.98 Å². The maximum Gasteiger partial charge on any atom is 0.174 e. The molecule has 0 spiro atoms. The van der Waals surface area contributed by atoms with E-state index in [9.17, 15) is 0 Å². The predicted octanol–water partition coefficient (Wildman–Crippen LogP) is 2.55. The Balaban J connectivity index is 2.20. The number of rotatable bonds is 7. The number of aromatic nitrogens is 1. The number of thiocarbonyl (C=S) groups is 1. The van der Waals surface area contributed by atoms with Gasteiger partial charge in [0.15, 0.2) is 5.11 Å². The SMILES string of the molecule is CCc1ccccc1NC(=S)N(CC[NH+](C)C)C(C)c1ccccn1. The predicted molar refractivity (Wildman–Crippen MR) is 109 cm³/mol. The van der Waals surface area contributed by atoms with E-state index in [4.69, 9.17) is 12.2 Å². The first-order valence-corrected chi connectivity index (χ1v) is 9.29. The van der Waals surface area contributed by atoms with Gasteiger partial charge in [0.05, 0.1) is 38.9 Å². The molecule has 4 nitrogen and oxygen atoms in total. The van der Waals surface area contributed by atoms with Crippen LogP contribution in [0.5, 0.6) is 0 Å². The van der Waals surface area contributed by atoms with E-state index in [0.29, 0.717) is 0 Å². The lowest BCUT2D eigenvalue weighted by atomic mass is 10.1. The highest BCUT2D eigenvalue weighted by Gasteiger charge is 2.21. The van der Waals surface area contributed by atoms with Crippen molar-refractivity contribution in [2.75, 3.05) is 32.5 Å². The number of nitrogens with one attached hydrogen (secondary N) is 2. The summed E-state index contributed by atoms with van der Waals surface area (Å²) in [6.07, 6.45) is 2.81. The minimum Gasteiger partial charge on any atom is -0.338 e. The molecule has 0 aliphatic carbocycles. The number of pyridine rings is 1. The van der Waals surface area contributed by atoms with Gasteiger partial charge in [-0.2, -0.15) is 0 Å². The number of aryl methyl sites for hydroxylation is 1. The molecule has 0 aliphatic heterocycles. The summed E-state index contributed by atoms with van der Waals surface area (Å²) in [5.41, 5.74) is 3.39. The standard InChI is InChI=1S/C20H28N4S/c1-5-17-10-6-7-12-19(17)22-20(25)24(15-14-23(3)4)16(2)18-11-8-9-13-21-18/h6-13,16H,5,14-15H2,1-4H3,(H,22,25)/p+1. The molecule has 1 heterocycles. The lowest BCUT2D eigenvalue weighted by Crippen LogP contribution is -3.06. The second-order valence-electron chi connectivity index (χ2n) is 6.52. The van der Waals surface area contributed by atoms with Crippen molar-refractivity contribution in [3.05, 3.63) is 59.9 Å². The van der Waals surface area contributed by atoms with Crippen molar-refractivity contribution in [3.63, 3.8) is 0 Å². The third-order valence-corrected chi connectivity index (χ3v) is 4.67. The van der Waals surface area contributed by atoms with Crippen molar-refractivity contribution in [1.82, 2.24) is 9.88 Å². The highest BCUT2D eigenvalue weighted by atomic mass is 32.1. The fourth-order valence-corrected chi connectivity index (χ4v) is 3.09. The smallest absolute Gasteiger partial charge is 0.174 e. The van der Waals surface area contributed by atoms with Crippen LogP contribution in [0.25, 0.3) is 0 Å². The lowest BCUT2D eigenvalue weighted by molar-refractivity contribution is -0.857. The van der Waals surface area contributed by atoms with Gasteiger partial charge in [0.1, 0.15) is 0 Å². The second-order valence-corrected chi connectivity index (χ2v) is 6.91. The van der Waals surface area contributed by atoms with Gasteiger partial charge in [0.2, 0.25) is 0 Å². The van der Waals surface area contributed by atoms with Gasteiger partial charge in [0.25, 0.3) is 0 Å². The van der Waals surface area contributed by atoms with Crippen LogP contribution < -0.4 is 10.2 Å². The van der Waals surface area contributed by atoms with Gasteiger partial charge in [-0.15, -0.1) is 0 Å². The zero-order chi connectivity index (χ0) is 18.2. The molecule has 2 aromatic rings. The lowest BCUT2D eigenvalue weighted by Gasteiger charge is -2.32. The van der Waals surface area contributed by atoms with Gasteiger partial charge in [-0.25, -0.2) is 0 Å². The minimum atomic E-state index is 0.120. The monoisotopic (exact) mass is 357 g/mol. The molecule has 5 heteroatoms. The van der Waals surface area contributed by atoms with Crippen molar-refractivity contribution in [1.29, 1.82) is 0 Å². The minimum absolute atomic E-state index is 0.120. The van der Waals surface area contributed by atoms with E-state index in [-0.39, 0.29) is 6.04 Å². The van der Waals surface area contributed by atoms with Crippen LogP contribution in [0.15, 0.2) is 48.7 Å². The average molecular weight is 358 g/mol. The number of hydrogen-bond acceptors (Lipinski definition) is 2. The van der Waals surface area contributed by atoms with E-state index >= 15 is 0 Å². The molecule has 0 radical (unpaired) electrons. The summed E-state index contributed by atoms with van der Waals surface area (Å²) in [5.74, 6) is 0. The quantitative estimate of drug-likeness (QED) is 0.746. The number of nitrogens with zero attached hydrogens (tertiary/aromatic N) is 2. The van der Waals surface area contributed by atoms with Crippen LogP contribution in [-0.4, -0.2) is 42.2 Å². The maximum atomic E-state index is 5.77. The summed E-state index contributed by atoms with van der Waals surface area (Å²) in [4.78, 5) is 8.15. The second kappa shape index (κ2) is 9.49. The van der Waals surface area contributed by atoms with Crippen LogP contribution in [0.1, 0.15) is 31.1 Å². The van der Waals surface area contributed by atoms with E-state index in [0.717, 1.165) is 36.0 Å². The molecule has 1 aromatic carbocycles. The van der Waals surface area contributed by atoms with Crippen LogP contribution in [0.3, 0.4) is 0 Å². The Morgan fingerprint density at radius 3 is 2.56 bits per heavy atom. The largest absolute Gasteiger partial charge is 0.338 e. The number of likely N-dealkylation sites (N-methyl/N-ethyl adjacent to an activating group) is 1. The molecule has 134 valence electrons. The van der Waals surface area contributed by atoms with Crippen molar-refractivity contribution >= 4 is 23.0 Å². The summed E-state index contributed by atoms with van der Waals surface area (Å²) in [7, 11) is 4.32. The van der Waals surface area contributed by atoms with Crippen LogP contribution in [0.4, 0.5) is 5.69 Å². The van der Waals surface area contributed by atoms with E-state index in [2.05, 4.69) is 67.4 Å². The van der Waals surface area contributed by atoms with Crippen LogP contribution >= 0.6 is 12.2 Å². The Labute approximate surface area is 156 Å².